The fourth-order valence-electron chi connectivity index (χ4n) is 2.21. The highest BCUT2D eigenvalue weighted by atomic mass is 16.5. The molecule has 0 spiro atoms. The minimum Gasteiger partial charge on any atom is -0.477 e. The molecule has 0 aromatic carbocycles. The van der Waals surface area contributed by atoms with Crippen LogP contribution < -0.4 is 5.43 Å². The summed E-state index contributed by atoms with van der Waals surface area (Å²) in [7, 11) is 0. The predicted octanol–water partition coefficient (Wildman–Crippen LogP) is 0.267. The number of rotatable bonds is 4. The Bertz CT molecular complexity index is 512. The molecule has 2 heterocycles. The Hall–Kier alpha value is -1.66. The molecule has 19 heavy (non-hydrogen) atoms. The van der Waals surface area contributed by atoms with Gasteiger partial charge in [-0.3, -0.25) is 9.69 Å². The lowest BCUT2D eigenvalue weighted by Gasteiger charge is -2.32. The maximum Gasteiger partial charge on any atom is 0.341 e. The lowest BCUT2D eigenvalue weighted by molar-refractivity contribution is -0.0343. The summed E-state index contributed by atoms with van der Waals surface area (Å²) in [6.45, 7) is 6.07. The molecule has 1 fully saturated rings. The van der Waals surface area contributed by atoms with E-state index < -0.39 is 11.4 Å². The molecule has 2 rings (SSSR count). The van der Waals surface area contributed by atoms with Crippen LogP contribution in [-0.4, -0.2) is 52.9 Å². The highest BCUT2D eigenvalue weighted by molar-refractivity contribution is 5.86. The first kappa shape index (κ1) is 13.8. The van der Waals surface area contributed by atoms with E-state index in [9.17, 15) is 9.59 Å². The van der Waals surface area contributed by atoms with Crippen molar-refractivity contribution in [3.63, 3.8) is 0 Å². The van der Waals surface area contributed by atoms with Crippen molar-refractivity contribution in [2.24, 2.45) is 0 Å². The second-order valence-electron chi connectivity index (χ2n) is 4.61. The van der Waals surface area contributed by atoms with Crippen molar-refractivity contribution in [2.45, 2.75) is 19.6 Å². The van der Waals surface area contributed by atoms with E-state index in [-0.39, 0.29) is 11.7 Å². The summed E-state index contributed by atoms with van der Waals surface area (Å²) in [5.41, 5.74) is -0.672. The zero-order valence-corrected chi connectivity index (χ0v) is 10.9. The van der Waals surface area contributed by atoms with E-state index in [4.69, 9.17) is 9.84 Å². The molecule has 1 N–H and O–H groups in total. The van der Waals surface area contributed by atoms with Gasteiger partial charge in [-0.1, -0.05) is 6.92 Å². The largest absolute Gasteiger partial charge is 0.477 e. The first-order chi connectivity index (χ1) is 9.10. The van der Waals surface area contributed by atoms with Crippen molar-refractivity contribution in [3.05, 3.63) is 34.2 Å². The van der Waals surface area contributed by atoms with Gasteiger partial charge in [0.1, 0.15) is 5.56 Å². The number of morpholine rings is 1. The van der Waals surface area contributed by atoms with Gasteiger partial charge in [0.15, 0.2) is 5.43 Å². The summed E-state index contributed by atoms with van der Waals surface area (Å²) < 4.78 is 7.36. The van der Waals surface area contributed by atoms with E-state index in [2.05, 4.69) is 11.8 Å². The van der Waals surface area contributed by atoms with Gasteiger partial charge in [0.25, 0.3) is 0 Å². The average molecular weight is 266 g/mol. The smallest absolute Gasteiger partial charge is 0.341 e. The van der Waals surface area contributed by atoms with Crippen LogP contribution in [0.25, 0.3) is 0 Å². The summed E-state index contributed by atoms with van der Waals surface area (Å²) in [6.07, 6.45) is 3.00. The number of ether oxygens (including phenoxy) is 1. The molecule has 6 nitrogen and oxygen atoms in total. The molecule has 1 unspecified atom stereocenters. The number of aromatic nitrogens is 1. The highest BCUT2D eigenvalue weighted by Gasteiger charge is 2.19. The Balaban J connectivity index is 2.08. The van der Waals surface area contributed by atoms with Crippen LogP contribution in [-0.2, 0) is 11.3 Å². The van der Waals surface area contributed by atoms with E-state index in [0.717, 1.165) is 19.6 Å². The topological polar surface area (TPSA) is 71.8 Å². The number of hydrogen-bond donors (Lipinski definition) is 1. The van der Waals surface area contributed by atoms with Crippen LogP contribution in [0, 0.1) is 0 Å². The first-order valence-corrected chi connectivity index (χ1v) is 6.37. The van der Waals surface area contributed by atoms with E-state index >= 15 is 0 Å². The van der Waals surface area contributed by atoms with Gasteiger partial charge in [0.05, 0.1) is 12.7 Å². The molecule has 104 valence electrons. The standard InChI is InChI=1S/C13H18N2O4/c1-2-14-5-6-19-10(7-14)8-15-4-3-12(16)11(9-15)13(17)18/h3-4,9-10H,2,5-8H2,1H3,(H,17,18). The van der Waals surface area contributed by atoms with Gasteiger partial charge in [-0.15, -0.1) is 0 Å². The molecule has 1 aromatic heterocycles. The van der Waals surface area contributed by atoms with Crippen LogP contribution in [0.4, 0.5) is 0 Å². The molecular formula is C13H18N2O4. The Morgan fingerprint density at radius 3 is 3.05 bits per heavy atom. The molecule has 1 aromatic rings. The van der Waals surface area contributed by atoms with Crippen molar-refractivity contribution in [1.29, 1.82) is 0 Å². The van der Waals surface area contributed by atoms with Gasteiger partial charge in [-0.25, -0.2) is 4.79 Å². The van der Waals surface area contributed by atoms with Crippen LogP contribution in [0.1, 0.15) is 17.3 Å². The van der Waals surface area contributed by atoms with Crippen LogP contribution in [0.3, 0.4) is 0 Å². The quantitative estimate of drug-likeness (QED) is 0.846. The number of carboxylic acid groups (broad SMARTS) is 1. The van der Waals surface area contributed by atoms with Crippen molar-refractivity contribution < 1.29 is 14.6 Å². The van der Waals surface area contributed by atoms with Gasteiger partial charge < -0.3 is 14.4 Å². The van der Waals surface area contributed by atoms with Gasteiger partial charge in [0.2, 0.25) is 0 Å². The molecule has 1 aliphatic heterocycles. The van der Waals surface area contributed by atoms with Crippen LogP contribution in [0.5, 0.6) is 0 Å². The van der Waals surface area contributed by atoms with Crippen LogP contribution >= 0.6 is 0 Å². The van der Waals surface area contributed by atoms with Crippen molar-refractivity contribution >= 4 is 5.97 Å². The van der Waals surface area contributed by atoms with Crippen molar-refractivity contribution in [2.75, 3.05) is 26.2 Å². The monoisotopic (exact) mass is 266 g/mol. The second-order valence-corrected chi connectivity index (χ2v) is 4.61. The number of likely N-dealkylation sites (N-methyl/N-ethyl adjacent to an activating group) is 1. The lowest BCUT2D eigenvalue weighted by atomic mass is 10.2. The Morgan fingerprint density at radius 1 is 1.58 bits per heavy atom. The molecule has 0 bridgehead atoms. The minimum atomic E-state index is -1.20. The molecule has 0 radical (unpaired) electrons. The van der Waals surface area contributed by atoms with E-state index in [1.54, 1.807) is 10.8 Å². The molecular weight excluding hydrogens is 248 g/mol. The molecule has 1 saturated heterocycles. The second kappa shape index (κ2) is 5.99. The normalized spacial score (nSPS) is 20.4. The average Bonchev–Trinajstić information content (AvgIpc) is 2.41. The Kier molecular flexibility index (Phi) is 4.34. The van der Waals surface area contributed by atoms with Gasteiger partial charge in [0, 0.05) is 38.1 Å². The third kappa shape index (κ3) is 3.42. The molecule has 0 aliphatic carbocycles. The van der Waals surface area contributed by atoms with Crippen molar-refractivity contribution in [3.8, 4) is 0 Å². The maximum absolute atomic E-state index is 11.4. The number of hydrogen-bond acceptors (Lipinski definition) is 4. The van der Waals surface area contributed by atoms with E-state index in [1.807, 2.05) is 0 Å². The van der Waals surface area contributed by atoms with E-state index in [1.165, 1.54) is 12.3 Å². The van der Waals surface area contributed by atoms with E-state index in [0.29, 0.717) is 13.2 Å². The molecule has 1 atom stereocenters. The Labute approximate surface area is 111 Å². The number of aromatic carboxylic acids is 1. The molecule has 6 heteroatoms. The first-order valence-electron chi connectivity index (χ1n) is 6.37. The summed E-state index contributed by atoms with van der Waals surface area (Å²) in [4.78, 5) is 24.6. The van der Waals surface area contributed by atoms with Crippen LogP contribution in [0.2, 0.25) is 0 Å². The zero-order valence-electron chi connectivity index (χ0n) is 10.9. The number of pyridine rings is 1. The van der Waals surface area contributed by atoms with Crippen LogP contribution in [0.15, 0.2) is 23.3 Å². The summed E-state index contributed by atoms with van der Waals surface area (Å²) in [5, 5.41) is 8.92. The SMILES string of the molecule is CCN1CCOC(Cn2ccc(=O)c(C(=O)O)c2)C1. The molecule has 1 aliphatic rings. The van der Waals surface area contributed by atoms with Gasteiger partial charge in [-0.2, -0.15) is 0 Å². The van der Waals surface area contributed by atoms with Gasteiger partial charge in [-0.05, 0) is 6.54 Å². The van der Waals surface area contributed by atoms with Gasteiger partial charge >= 0.3 is 5.97 Å². The third-order valence-corrected chi connectivity index (χ3v) is 3.29. The number of carbonyl (C=O) groups is 1. The fraction of sp³-hybridized carbons (Fsp3) is 0.538. The fourth-order valence-corrected chi connectivity index (χ4v) is 2.21. The van der Waals surface area contributed by atoms with Crippen molar-refractivity contribution in [1.82, 2.24) is 9.47 Å². The Morgan fingerprint density at radius 2 is 2.37 bits per heavy atom. The summed E-state index contributed by atoms with van der Waals surface area (Å²) in [6, 6.07) is 1.28. The number of nitrogens with zero attached hydrogens (tertiary/aromatic N) is 2. The molecule has 0 amide bonds. The summed E-state index contributed by atoms with van der Waals surface area (Å²) >= 11 is 0. The maximum atomic E-state index is 11.4. The lowest BCUT2D eigenvalue weighted by Crippen LogP contribution is -2.44. The number of carboxylic acids is 1. The highest BCUT2D eigenvalue weighted by Crippen LogP contribution is 2.07. The predicted molar refractivity (Wildman–Crippen MR) is 69.5 cm³/mol. The zero-order chi connectivity index (χ0) is 13.8. The third-order valence-electron chi connectivity index (χ3n) is 3.29. The summed E-state index contributed by atoms with van der Waals surface area (Å²) in [5.74, 6) is -1.20. The molecule has 0 saturated carbocycles. The minimum absolute atomic E-state index is 0.0258.